The van der Waals surface area contributed by atoms with E-state index in [4.69, 9.17) is 46.4 Å². The third-order valence-electron chi connectivity index (χ3n) is 3.26. The van der Waals surface area contributed by atoms with Crippen LogP contribution in [0, 0.1) is 0 Å². The van der Waals surface area contributed by atoms with Gasteiger partial charge in [-0.25, -0.2) is 10.6 Å². The summed E-state index contributed by atoms with van der Waals surface area (Å²) in [4.78, 5) is -0.240. The first-order valence-electron chi connectivity index (χ1n) is 7.93. The molecular formula is C12H28Al2Cl4Mg. The standard InChI is InChI=1S/2C4H7Cl2.2C2H5.2Al.Mg.4H/c2*1-2-3-4(5)6;2*1-2;;;;;;;/h2*4H,1-3H2;2*1H2,2H3;;;;;;;/q;;;;2*-1;+2;;;;. The monoisotopic (exact) mass is 390 g/mol. The molecule has 0 fully saturated rings. The number of rotatable bonds is 10. The topological polar surface area (TPSA) is 0 Å². The second-order valence-electron chi connectivity index (χ2n) is 5.48. The third kappa shape index (κ3) is 33.7. The first-order chi connectivity index (χ1) is 8.54. The fraction of sp³-hybridized carbons (Fsp3) is 1.00. The summed E-state index contributed by atoms with van der Waals surface area (Å²) in [5, 5.41) is 5.86. The van der Waals surface area contributed by atoms with E-state index < -0.39 is 0 Å². The van der Waals surface area contributed by atoms with Crippen molar-refractivity contribution in [1.29, 1.82) is 0 Å². The van der Waals surface area contributed by atoms with Crippen LogP contribution in [0.15, 0.2) is 0 Å². The van der Waals surface area contributed by atoms with Crippen LogP contribution in [0.5, 0.6) is 0 Å². The summed E-state index contributed by atoms with van der Waals surface area (Å²) < 4.78 is 0. The van der Waals surface area contributed by atoms with Crippen LogP contribution in [-0.4, -0.2) is 63.2 Å². The first-order valence-corrected chi connectivity index (χ1v) is 15.3. The molecule has 0 N–H and O–H groups in total. The van der Waals surface area contributed by atoms with E-state index in [1.165, 1.54) is 34.0 Å². The van der Waals surface area contributed by atoms with Gasteiger partial charge < -0.3 is 0 Å². The van der Waals surface area contributed by atoms with Crippen molar-refractivity contribution in [3.63, 3.8) is 0 Å². The third-order valence-corrected chi connectivity index (χ3v) is 8.96. The van der Waals surface area contributed by atoms with Gasteiger partial charge in [0.05, 0.1) is 30.4 Å². The van der Waals surface area contributed by atoms with Crippen LogP contribution in [-0.2, 0) is 0 Å². The van der Waals surface area contributed by atoms with Gasteiger partial charge in [0, 0.05) is 0 Å². The maximum atomic E-state index is 5.54. The van der Waals surface area contributed by atoms with Crippen LogP contribution in [0.4, 0.5) is 0 Å². The van der Waals surface area contributed by atoms with E-state index in [2.05, 4.69) is 13.8 Å². The van der Waals surface area contributed by atoms with E-state index in [1.807, 2.05) is 0 Å². The molecule has 0 aliphatic heterocycles. The van der Waals surface area contributed by atoms with E-state index in [9.17, 15) is 0 Å². The van der Waals surface area contributed by atoms with Crippen molar-refractivity contribution in [2.45, 2.75) is 70.3 Å². The summed E-state index contributed by atoms with van der Waals surface area (Å²) >= 11 is 21.9. The normalized spacial score (nSPS) is 11.4. The van der Waals surface area contributed by atoms with Crippen LogP contribution in [0.3, 0.4) is 0 Å². The van der Waals surface area contributed by atoms with Gasteiger partial charge >= 0.3 is 23.1 Å². The average Bonchev–Trinajstić information content (AvgIpc) is 2.31. The largest absolute Gasteiger partial charge is 2.00 e. The number of hydrogen-bond acceptors (Lipinski definition) is 0. The molecule has 0 aromatic heterocycles. The molecule has 0 saturated carbocycles. The van der Waals surface area contributed by atoms with Gasteiger partial charge in [0.2, 0.25) is 0 Å². The Labute approximate surface area is 168 Å². The zero-order chi connectivity index (χ0) is 14.2. The predicted molar refractivity (Wildman–Crippen MR) is 103 cm³/mol. The molecule has 0 nitrogen and oxygen atoms in total. The molecule has 0 aromatic carbocycles. The van der Waals surface area contributed by atoms with E-state index in [-0.39, 0.29) is 63.2 Å². The van der Waals surface area contributed by atoms with Crippen molar-refractivity contribution in [2.75, 3.05) is 0 Å². The zero-order valence-electron chi connectivity index (χ0n) is 13.0. The van der Waals surface area contributed by atoms with Gasteiger partial charge in [0.25, 0.3) is 0 Å². The van der Waals surface area contributed by atoms with Crippen molar-refractivity contribution in [2.24, 2.45) is 0 Å². The van der Waals surface area contributed by atoms with Crippen LogP contribution >= 0.6 is 46.4 Å². The molecule has 0 bridgehead atoms. The Kier molecular flexibility index (Phi) is 32.9. The van der Waals surface area contributed by atoms with E-state index >= 15 is 0 Å². The van der Waals surface area contributed by atoms with Crippen LogP contribution in [0.25, 0.3) is 0 Å². The number of halogens is 4. The second-order valence-corrected chi connectivity index (χ2v) is 14.9. The quantitative estimate of drug-likeness (QED) is 0.284. The Morgan fingerprint density at radius 3 is 1.26 bits per heavy atom. The van der Waals surface area contributed by atoms with E-state index in [0.717, 1.165) is 12.8 Å². The fourth-order valence-corrected chi connectivity index (χ4v) is 5.77. The smallest absolute Gasteiger partial charge is 0.201 e. The van der Waals surface area contributed by atoms with Gasteiger partial charge in [0.1, 0.15) is 9.67 Å². The van der Waals surface area contributed by atoms with Crippen molar-refractivity contribution in [3.8, 4) is 0 Å². The van der Waals surface area contributed by atoms with Gasteiger partial charge in [-0.2, -0.15) is 10.6 Å². The molecule has 0 aliphatic rings. The molecule has 0 aromatic rings. The minimum absolute atomic E-state index is 0. The van der Waals surface area contributed by atoms with E-state index in [0.29, 0.717) is 0 Å². The summed E-state index contributed by atoms with van der Waals surface area (Å²) in [6.45, 7) is 4.56. The molecule has 0 heterocycles. The molecule has 0 saturated heterocycles. The first kappa shape index (κ1) is 26.9. The zero-order valence-corrected chi connectivity index (χ0v) is 21.5. The van der Waals surface area contributed by atoms with Gasteiger partial charge in [-0.1, -0.05) is 12.8 Å². The summed E-state index contributed by atoms with van der Waals surface area (Å²) in [6, 6.07) is 0. The Balaban J connectivity index is -0.000000256. The summed E-state index contributed by atoms with van der Waals surface area (Å²) in [5.74, 6) is 0. The van der Waals surface area contributed by atoms with Crippen molar-refractivity contribution in [1.82, 2.24) is 0 Å². The molecule has 0 aliphatic carbocycles. The second kappa shape index (κ2) is 23.3. The minimum Gasteiger partial charge on any atom is -0.201 e. The molecule has 112 valence electrons. The van der Waals surface area contributed by atoms with Gasteiger partial charge in [-0.3, -0.25) is 0 Å². The van der Waals surface area contributed by atoms with Crippen molar-refractivity contribution in [3.05, 3.63) is 0 Å². The Hall–Kier alpha value is 2.99. The molecule has 0 rings (SSSR count). The summed E-state index contributed by atoms with van der Waals surface area (Å²) in [6.07, 6.45) is 4.51. The SMILES string of the molecule is C[CH2][AlH2-][CH2]CCC(Cl)Cl.C[CH2][AlH2-][CH2]CCC(Cl)Cl.[Mg+2]. The fourth-order valence-electron chi connectivity index (χ4n) is 1.92. The maximum Gasteiger partial charge on any atom is 2.00 e. The molecular weight excluding hydrogens is 364 g/mol. The van der Waals surface area contributed by atoms with Crippen LogP contribution < -0.4 is 0 Å². The van der Waals surface area contributed by atoms with Crippen molar-refractivity contribution >= 4 is 99.9 Å². The molecule has 19 heavy (non-hydrogen) atoms. The molecule has 0 unspecified atom stereocenters. The van der Waals surface area contributed by atoms with Crippen molar-refractivity contribution < 1.29 is 0 Å². The molecule has 0 amide bonds. The molecule has 0 spiro atoms. The average molecular weight is 392 g/mol. The van der Waals surface area contributed by atoms with Crippen LogP contribution in [0.2, 0.25) is 21.1 Å². The molecule has 0 atom stereocenters. The molecule has 7 heteroatoms. The Bertz CT molecular complexity index is 136. The predicted octanol–water partition coefficient (Wildman–Crippen LogP) is 4.81. The number of alkyl halides is 4. The minimum atomic E-state index is -0.156. The van der Waals surface area contributed by atoms with Crippen LogP contribution in [0.1, 0.15) is 39.5 Å². The van der Waals surface area contributed by atoms with Gasteiger partial charge in [-0.05, 0) is 12.8 Å². The maximum absolute atomic E-state index is 5.54. The van der Waals surface area contributed by atoms with E-state index in [1.54, 1.807) is 0 Å². The van der Waals surface area contributed by atoms with Gasteiger partial charge in [0.15, 0.2) is 0 Å². The summed E-state index contributed by atoms with van der Waals surface area (Å²) in [5.41, 5.74) is 0. The Morgan fingerprint density at radius 1 is 0.737 bits per heavy atom. The Morgan fingerprint density at radius 2 is 1.05 bits per heavy atom. The number of hydrogen-bond donors (Lipinski definition) is 0. The summed E-state index contributed by atoms with van der Waals surface area (Å²) in [7, 11) is 0. The van der Waals surface area contributed by atoms with Gasteiger partial charge in [-0.15, -0.1) is 60.3 Å². The molecule has 0 radical (unpaired) electrons.